The highest BCUT2D eigenvalue weighted by atomic mass is 16.5. The van der Waals surface area contributed by atoms with Gasteiger partial charge in [0.15, 0.2) is 0 Å². The molecular weight excluding hydrogens is 342 g/mol. The van der Waals surface area contributed by atoms with Crippen molar-refractivity contribution >= 4 is 5.91 Å². The van der Waals surface area contributed by atoms with Crippen molar-refractivity contribution < 1.29 is 9.32 Å². The summed E-state index contributed by atoms with van der Waals surface area (Å²) in [6.45, 7) is 7.83. The Balaban J connectivity index is 1.55. The fourth-order valence-corrected chi connectivity index (χ4v) is 2.84. The predicted molar refractivity (Wildman–Crippen MR) is 104 cm³/mol. The molecule has 2 aromatic heterocycles. The zero-order valence-corrected chi connectivity index (χ0v) is 15.8. The van der Waals surface area contributed by atoms with Gasteiger partial charge in [-0.25, -0.2) is 0 Å². The van der Waals surface area contributed by atoms with Crippen molar-refractivity contribution in [3.63, 3.8) is 0 Å². The Bertz CT molecular complexity index is 836. The van der Waals surface area contributed by atoms with E-state index in [4.69, 9.17) is 4.52 Å². The van der Waals surface area contributed by atoms with Crippen molar-refractivity contribution in [2.45, 2.75) is 20.3 Å². The fraction of sp³-hybridized carbons (Fsp3) is 0.350. The van der Waals surface area contributed by atoms with Crippen LogP contribution in [0.25, 0.3) is 17.1 Å². The number of rotatable bonds is 9. The summed E-state index contributed by atoms with van der Waals surface area (Å²) in [5.41, 5.74) is 1.84. The number of hydrogen-bond donors (Lipinski definition) is 1. The second-order valence-electron chi connectivity index (χ2n) is 6.20. The lowest BCUT2D eigenvalue weighted by molar-refractivity contribution is 0.0908. The SMILES string of the molecule is CCN(CC)CCCNC(=O)c1nc(-c2ccc(-n3cccc3)cc2)no1. The van der Waals surface area contributed by atoms with Gasteiger partial charge in [0, 0.05) is 30.2 Å². The third-order valence-electron chi connectivity index (χ3n) is 4.48. The van der Waals surface area contributed by atoms with E-state index in [0.29, 0.717) is 12.4 Å². The molecule has 0 saturated heterocycles. The highest BCUT2D eigenvalue weighted by Gasteiger charge is 2.15. The summed E-state index contributed by atoms with van der Waals surface area (Å²) < 4.78 is 7.13. The molecular formula is C20H25N5O2. The number of carbonyl (C=O) groups excluding carboxylic acids is 1. The monoisotopic (exact) mass is 367 g/mol. The standard InChI is InChI=1S/C20H25N5O2/c1-3-24(4-2)13-7-12-21-19(26)20-22-18(23-27-20)16-8-10-17(11-9-16)25-14-5-6-15-25/h5-6,8-11,14-15H,3-4,7,12-13H2,1-2H3,(H,21,26). The van der Waals surface area contributed by atoms with E-state index < -0.39 is 0 Å². The zero-order valence-electron chi connectivity index (χ0n) is 15.8. The van der Waals surface area contributed by atoms with Gasteiger partial charge in [-0.1, -0.05) is 19.0 Å². The normalized spacial score (nSPS) is 11.1. The van der Waals surface area contributed by atoms with Crippen LogP contribution in [0.2, 0.25) is 0 Å². The summed E-state index contributed by atoms with van der Waals surface area (Å²) in [6.07, 6.45) is 4.84. The zero-order chi connectivity index (χ0) is 19.1. The van der Waals surface area contributed by atoms with Gasteiger partial charge < -0.3 is 19.3 Å². The number of aromatic nitrogens is 3. The minimum atomic E-state index is -0.336. The molecule has 7 heteroatoms. The molecule has 1 N–H and O–H groups in total. The summed E-state index contributed by atoms with van der Waals surface area (Å²) in [4.78, 5) is 18.7. The molecule has 3 aromatic rings. The van der Waals surface area contributed by atoms with Gasteiger partial charge in [-0.2, -0.15) is 4.98 Å². The van der Waals surface area contributed by atoms with E-state index in [2.05, 4.69) is 34.2 Å². The second-order valence-corrected chi connectivity index (χ2v) is 6.20. The molecule has 7 nitrogen and oxygen atoms in total. The third-order valence-corrected chi connectivity index (χ3v) is 4.48. The highest BCUT2D eigenvalue weighted by Crippen LogP contribution is 2.18. The summed E-state index contributed by atoms with van der Waals surface area (Å²) >= 11 is 0. The molecule has 1 amide bonds. The highest BCUT2D eigenvalue weighted by molar-refractivity contribution is 5.89. The molecule has 0 atom stereocenters. The van der Waals surface area contributed by atoms with Crippen LogP contribution in [0.1, 0.15) is 31.0 Å². The fourth-order valence-electron chi connectivity index (χ4n) is 2.84. The average Bonchev–Trinajstić information content (AvgIpc) is 3.40. The van der Waals surface area contributed by atoms with Gasteiger partial charge in [0.1, 0.15) is 0 Å². The molecule has 0 spiro atoms. The molecule has 0 radical (unpaired) electrons. The molecule has 0 aliphatic rings. The van der Waals surface area contributed by atoms with Gasteiger partial charge in [-0.15, -0.1) is 0 Å². The molecule has 1 aromatic carbocycles. The number of benzene rings is 1. The Morgan fingerprint density at radius 1 is 1.15 bits per heavy atom. The van der Waals surface area contributed by atoms with Gasteiger partial charge in [0.25, 0.3) is 0 Å². The van der Waals surface area contributed by atoms with E-state index in [1.165, 1.54) is 0 Å². The Morgan fingerprint density at radius 2 is 1.85 bits per heavy atom. The maximum atomic E-state index is 12.2. The first-order valence-corrected chi connectivity index (χ1v) is 9.29. The number of nitrogens with zero attached hydrogens (tertiary/aromatic N) is 4. The summed E-state index contributed by atoms with van der Waals surface area (Å²) in [5, 5.41) is 6.75. The Hall–Kier alpha value is -2.93. The van der Waals surface area contributed by atoms with Gasteiger partial charge in [0.2, 0.25) is 5.82 Å². The largest absolute Gasteiger partial charge is 0.348 e. The van der Waals surface area contributed by atoms with E-state index in [9.17, 15) is 4.79 Å². The first-order valence-electron chi connectivity index (χ1n) is 9.29. The molecule has 0 fully saturated rings. The van der Waals surface area contributed by atoms with Crippen molar-refractivity contribution in [2.24, 2.45) is 0 Å². The maximum absolute atomic E-state index is 12.2. The molecule has 0 aliphatic carbocycles. The molecule has 0 saturated carbocycles. The van der Waals surface area contributed by atoms with Crippen LogP contribution in [-0.2, 0) is 0 Å². The molecule has 2 heterocycles. The predicted octanol–water partition coefficient (Wildman–Crippen LogP) is 2.99. The van der Waals surface area contributed by atoms with E-state index in [1.807, 2.05) is 53.4 Å². The molecule has 0 aliphatic heterocycles. The number of nitrogens with one attached hydrogen (secondary N) is 1. The minimum absolute atomic E-state index is 0.0117. The van der Waals surface area contributed by atoms with Crippen molar-refractivity contribution in [3.8, 4) is 17.1 Å². The lowest BCUT2D eigenvalue weighted by Crippen LogP contribution is -2.30. The molecule has 27 heavy (non-hydrogen) atoms. The Morgan fingerprint density at radius 3 is 2.52 bits per heavy atom. The molecule has 142 valence electrons. The topological polar surface area (TPSA) is 76.2 Å². The summed E-state index contributed by atoms with van der Waals surface area (Å²) in [7, 11) is 0. The van der Waals surface area contributed by atoms with Crippen LogP contribution in [0, 0.1) is 0 Å². The van der Waals surface area contributed by atoms with Gasteiger partial charge in [0.05, 0.1) is 0 Å². The summed E-state index contributed by atoms with van der Waals surface area (Å²) in [5.74, 6) is 0.0573. The number of amides is 1. The smallest absolute Gasteiger partial charge is 0.316 e. The van der Waals surface area contributed by atoms with Crippen molar-refractivity contribution in [1.82, 2.24) is 24.9 Å². The maximum Gasteiger partial charge on any atom is 0.316 e. The van der Waals surface area contributed by atoms with Gasteiger partial charge in [-0.05, 0) is 62.5 Å². The molecule has 0 unspecified atom stereocenters. The number of carbonyl (C=O) groups is 1. The second kappa shape index (κ2) is 9.14. The summed E-state index contributed by atoms with van der Waals surface area (Å²) in [6, 6.07) is 11.7. The van der Waals surface area contributed by atoms with Crippen LogP contribution >= 0.6 is 0 Å². The molecule has 0 bridgehead atoms. The quantitative estimate of drug-likeness (QED) is 0.589. The minimum Gasteiger partial charge on any atom is -0.348 e. The van der Waals surface area contributed by atoms with Crippen LogP contribution < -0.4 is 5.32 Å². The van der Waals surface area contributed by atoms with Gasteiger partial charge in [-0.3, -0.25) is 4.79 Å². The first-order chi connectivity index (χ1) is 13.2. The van der Waals surface area contributed by atoms with Crippen LogP contribution in [-0.4, -0.2) is 51.7 Å². The van der Waals surface area contributed by atoms with Crippen LogP contribution in [0.15, 0.2) is 53.3 Å². The first kappa shape index (κ1) is 18.8. The van der Waals surface area contributed by atoms with E-state index in [1.54, 1.807) is 0 Å². The Kier molecular flexibility index (Phi) is 6.38. The van der Waals surface area contributed by atoms with Crippen LogP contribution in [0.4, 0.5) is 0 Å². The van der Waals surface area contributed by atoms with Gasteiger partial charge >= 0.3 is 11.8 Å². The lowest BCUT2D eigenvalue weighted by Gasteiger charge is -2.17. The van der Waals surface area contributed by atoms with Crippen molar-refractivity contribution in [1.29, 1.82) is 0 Å². The van der Waals surface area contributed by atoms with E-state index in [0.717, 1.165) is 37.3 Å². The van der Waals surface area contributed by atoms with Crippen LogP contribution in [0.3, 0.4) is 0 Å². The third kappa shape index (κ3) is 4.83. The van der Waals surface area contributed by atoms with E-state index >= 15 is 0 Å². The number of hydrogen-bond acceptors (Lipinski definition) is 5. The van der Waals surface area contributed by atoms with Crippen molar-refractivity contribution in [3.05, 3.63) is 54.7 Å². The van der Waals surface area contributed by atoms with Crippen LogP contribution in [0.5, 0.6) is 0 Å². The average molecular weight is 367 g/mol. The Labute approximate surface area is 159 Å². The van der Waals surface area contributed by atoms with Crippen molar-refractivity contribution in [2.75, 3.05) is 26.2 Å². The molecule has 3 rings (SSSR count). The lowest BCUT2D eigenvalue weighted by atomic mass is 10.2. The van der Waals surface area contributed by atoms with E-state index in [-0.39, 0.29) is 11.8 Å².